The highest BCUT2D eigenvalue weighted by Gasteiger charge is 2.48. The fraction of sp³-hybridized carbons (Fsp3) is 0.440. The van der Waals surface area contributed by atoms with Crippen molar-refractivity contribution in [3.63, 3.8) is 0 Å². The van der Waals surface area contributed by atoms with Crippen LogP contribution in [-0.2, 0) is 9.47 Å². The molecule has 1 aromatic carbocycles. The second-order valence-corrected chi connectivity index (χ2v) is 8.65. The summed E-state index contributed by atoms with van der Waals surface area (Å²) in [7, 11) is 3.37. The number of nitrogens with one attached hydrogen (secondary N) is 1. The third-order valence-electron chi connectivity index (χ3n) is 6.92. The van der Waals surface area contributed by atoms with Crippen LogP contribution in [0.15, 0.2) is 48.7 Å². The minimum atomic E-state index is -1.02. The quantitative estimate of drug-likeness (QED) is 0.686. The number of hydrogen-bond acceptors (Lipinski definition) is 4. The van der Waals surface area contributed by atoms with Gasteiger partial charge in [-0.15, -0.1) is 0 Å². The van der Waals surface area contributed by atoms with E-state index in [0.717, 1.165) is 36.1 Å². The molecular formula is C25H29FN2O4. The van der Waals surface area contributed by atoms with Crippen molar-refractivity contribution in [3.8, 4) is 11.1 Å². The summed E-state index contributed by atoms with van der Waals surface area (Å²) in [5.41, 5.74) is 2.46. The summed E-state index contributed by atoms with van der Waals surface area (Å²) >= 11 is 0. The molecule has 0 aliphatic heterocycles. The summed E-state index contributed by atoms with van der Waals surface area (Å²) in [5, 5.41) is 11.9. The number of benzene rings is 1. The lowest BCUT2D eigenvalue weighted by atomic mass is 9.74. The van der Waals surface area contributed by atoms with Crippen LogP contribution in [0.5, 0.6) is 0 Å². The molecule has 170 valence electrons. The van der Waals surface area contributed by atoms with Crippen molar-refractivity contribution in [2.24, 2.45) is 17.8 Å². The number of nitrogens with zero attached hydrogens (tertiary/aromatic N) is 1. The van der Waals surface area contributed by atoms with E-state index in [0.29, 0.717) is 11.8 Å². The van der Waals surface area contributed by atoms with Gasteiger partial charge in [0.1, 0.15) is 5.82 Å². The smallest absolute Gasteiger partial charge is 0.404 e. The van der Waals surface area contributed by atoms with Crippen molar-refractivity contribution >= 4 is 12.2 Å². The number of fused-ring (bicyclic) bond motifs is 1. The van der Waals surface area contributed by atoms with Gasteiger partial charge in [0.15, 0.2) is 0 Å². The molecule has 6 atom stereocenters. The first-order valence-corrected chi connectivity index (χ1v) is 10.9. The number of hydrogen-bond donors (Lipinski definition) is 2. The number of pyridine rings is 1. The molecule has 7 heteroatoms. The van der Waals surface area contributed by atoms with Gasteiger partial charge in [0.2, 0.25) is 0 Å². The highest BCUT2D eigenvalue weighted by molar-refractivity contribution is 5.65. The van der Waals surface area contributed by atoms with Crippen LogP contribution in [0.2, 0.25) is 0 Å². The number of ether oxygens (including phenoxy) is 2. The topological polar surface area (TPSA) is 80.7 Å². The highest BCUT2D eigenvalue weighted by Crippen LogP contribution is 2.48. The van der Waals surface area contributed by atoms with Crippen LogP contribution in [-0.4, -0.2) is 48.7 Å². The van der Waals surface area contributed by atoms with E-state index in [1.807, 2.05) is 24.3 Å². The molecule has 2 saturated carbocycles. The number of rotatable bonds is 6. The predicted molar refractivity (Wildman–Crippen MR) is 120 cm³/mol. The molecule has 4 rings (SSSR count). The summed E-state index contributed by atoms with van der Waals surface area (Å²) in [4.78, 5) is 15.8. The van der Waals surface area contributed by atoms with E-state index in [-0.39, 0.29) is 30.0 Å². The SMILES string of the molecule is CO[C@H]1C[C@@H]2C[C@H](OC)[C@@H](NC(=O)O)C[C@H]2[C@@H]1/C=C/c1ccc(-c2cccc(F)c2)cn1. The Bertz CT molecular complexity index is 965. The molecule has 1 heterocycles. The molecule has 0 spiro atoms. The summed E-state index contributed by atoms with van der Waals surface area (Å²) in [6, 6.07) is 10.1. The third-order valence-corrected chi connectivity index (χ3v) is 6.92. The van der Waals surface area contributed by atoms with Crippen molar-refractivity contribution in [1.82, 2.24) is 10.3 Å². The van der Waals surface area contributed by atoms with Gasteiger partial charge in [-0.3, -0.25) is 4.98 Å². The Balaban J connectivity index is 1.50. The van der Waals surface area contributed by atoms with Gasteiger partial charge >= 0.3 is 6.09 Å². The number of halogens is 1. The van der Waals surface area contributed by atoms with Crippen molar-refractivity contribution in [2.45, 2.75) is 37.5 Å². The summed E-state index contributed by atoms with van der Waals surface area (Å²) in [6.45, 7) is 0. The van der Waals surface area contributed by atoms with Crippen molar-refractivity contribution in [3.05, 3.63) is 60.2 Å². The zero-order valence-corrected chi connectivity index (χ0v) is 18.3. The Morgan fingerprint density at radius 3 is 2.56 bits per heavy atom. The molecule has 0 radical (unpaired) electrons. The molecule has 2 aliphatic rings. The molecule has 32 heavy (non-hydrogen) atoms. The number of aromatic nitrogens is 1. The second-order valence-electron chi connectivity index (χ2n) is 8.65. The molecular weight excluding hydrogens is 411 g/mol. The standard InChI is InChI=1S/C25H29FN2O4/c1-31-23-11-17-12-24(32-2)22(28-25(29)30)13-21(17)20(23)9-8-19-7-6-16(14-27-19)15-4-3-5-18(26)10-15/h3-10,14,17,20-24,28H,11-13H2,1-2H3,(H,29,30)/b9-8+/t17-,20+,21-,22+,23+,24+/m1/s1. The molecule has 2 N–H and O–H groups in total. The first kappa shape index (κ1) is 22.4. The Hall–Kier alpha value is -2.77. The molecule has 1 aromatic heterocycles. The molecule has 0 saturated heterocycles. The third kappa shape index (κ3) is 4.84. The van der Waals surface area contributed by atoms with E-state index in [2.05, 4.69) is 16.4 Å². The van der Waals surface area contributed by atoms with E-state index in [1.165, 1.54) is 12.1 Å². The lowest BCUT2D eigenvalue weighted by molar-refractivity contribution is 0.00551. The lowest BCUT2D eigenvalue weighted by Crippen LogP contribution is -2.49. The van der Waals surface area contributed by atoms with Crippen LogP contribution in [0, 0.1) is 23.6 Å². The summed E-state index contributed by atoms with van der Waals surface area (Å²) < 4.78 is 24.9. The van der Waals surface area contributed by atoms with Crippen LogP contribution in [0.25, 0.3) is 17.2 Å². The maximum absolute atomic E-state index is 13.5. The molecule has 2 aromatic rings. The molecule has 2 aliphatic carbocycles. The predicted octanol–water partition coefficient (Wildman–Crippen LogP) is 4.61. The molecule has 2 fully saturated rings. The second kappa shape index (κ2) is 9.79. The van der Waals surface area contributed by atoms with Gasteiger partial charge in [-0.25, -0.2) is 9.18 Å². The molecule has 6 nitrogen and oxygen atoms in total. The largest absolute Gasteiger partial charge is 0.465 e. The Labute approximate surface area is 187 Å². The Morgan fingerprint density at radius 1 is 1.12 bits per heavy atom. The molecule has 0 unspecified atom stereocenters. The first-order chi connectivity index (χ1) is 15.5. The number of carboxylic acid groups (broad SMARTS) is 1. The fourth-order valence-corrected chi connectivity index (χ4v) is 5.39. The normalized spacial score (nSPS) is 29.7. The van der Waals surface area contributed by atoms with Gasteiger partial charge in [-0.05, 0) is 60.9 Å². The monoisotopic (exact) mass is 440 g/mol. The summed E-state index contributed by atoms with van der Waals surface area (Å²) in [6.07, 6.45) is 7.29. The van der Waals surface area contributed by atoms with Crippen molar-refractivity contribution < 1.29 is 23.8 Å². The number of amides is 1. The highest BCUT2D eigenvalue weighted by atomic mass is 19.1. The van der Waals surface area contributed by atoms with E-state index < -0.39 is 6.09 Å². The van der Waals surface area contributed by atoms with Gasteiger partial charge in [0, 0.05) is 31.9 Å². The Morgan fingerprint density at radius 2 is 1.91 bits per heavy atom. The van der Waals surface area contributed by atoms with E-state index >= 15 is 0 Å². The van der Waals surface area contributed by atoms with Crippen LogP contribution in [0.3, 0.4) is 0 Å². The number of carbonyl (C=O) groups is 1. The minimum Gasteiger partial charge on any atom is -0.465 e. The lowest BCUT2D eigenvalue weighted by Gasteiger charge is -2.39. The van der Waals surface area contributed by atoms with Crippen molar-refractivity contribution in [1.29, 1.82) is 0 Å². The van der Waals surface area contributed by atoms with E-state index in [1.54, 1.807) is 26.5 Å². The van der Waals surface area contributed by atoms with Crippen molar-refractivity contribution in [2.75, 3.05) is 14.2 Å². The maximum atomic E-state index is 13.5. The first-order valence-electron chi connectivity index (χ1n) is 10.9. The van der Waals surface area contributed by atoms with Gasteiger partial charge in [-0.2, -0.15) is 0 Å². The Kier molecular flexibility index (Phi) is 6.86. The molecule has 0 bridgehead atoms. The fourth-order valence-electron chi connectivity index (χ4n) is 5.39. The van der Waals surface area contributed by atoms with Gasteiger partial charge in [0.25, 0.3) is 0 Å². The van der Waals surface area contributed by atoms with Gasteiger partial charge < -0.3 is 19.9 Å². The average molecular weight is 441 g/mol. The van der Waals surface area contributed by atoms with E-state index in [4.69, 9.17) is 9.47 Å². The number of methoxy groups -OCH3 is 2. The van der Waals surface area contributed by atoms with Crippen LogP contribution in [0.4, 0.5) is 9.18 Å². The van der Waals surface area contributed by atoms with Gasteiger partial charge in [0.05, 0.1) is 23.9 Å². The van der Waals surface area contributed by atoms with E-state index in [9.17, 15) is 14.3 Å². The van der Waals surface area contributed by atoms with Gasteiger partial charge in [-0.1, -0.05) is 24.3 Å². The molecule has 1 amide bonds. The van der Waals surface area contributed by atoms with Crippen LogP contribution < -0.4 is 5.32 Å². The minimum absolute atomic E-state index is 0.0777. The van der Waals surface area contributed by atoms with Crippen LogP contribution in [0.1, 0.15) is 25.0 Å². The van der Waals surface area contributed by atoms with Crippen LogP contribution >= 0.6 is 0 Å². The summed E-state index contributed by atoms with van der Waals surface area (Å²) in [5.74, 6) is 0.637. The average Bonchev–Trinajstić information content (AvgIpc) is 3.13. The zero-order valence-electron chi connectivity index (χ0n) is 18.3. The zero-order chi connectivity index (χ0) is 22.7. The maximum Gasteiger partial charge on any atom is 0.404 e.